The van der Waals surface area contributed by atoms with E-state index in [0.717, 1.165) is 15.8 Å². The number of carbonyl (C=O) groups is 1. The zero-order valence-electron chi connectivity index (χ0n) is 16.8. The van der Waals surface area contributed by atoms with E-state index in [-0.39, 0.29) is 16.1 Å². The maximum Gasteiger partial charge on any atom is 0.323 e. The molecule has 1 heterocycles. The Kier molecular flexibility index (Phi) is 5.62. The summed E-state index contributed by atoms with van der Waals surface area (Å²) in [6.07, 6.45) is 0. The number of thiazole rings is 1. The number of anilines is 3. The molecule has 0 radical (unpaired) electrons. The van der Waals surface area contributed by atoms with Crippen LogP contribution in [0.25, 0.3) is 10.2 Å². The van der Waals surface area contributed by atoms with Gasteiger partial charge in [0.05, 0.1) is 15.1 Å². The first kappa shape index (κ1) is 20.8. The van der Waals surface area contributed by atoms with Crippen LogP contribution in [-0.2, 0) is 10.0 Å². The third-order valence-corrected chi connectivity index (χ3v) is 6.94. The molecule has 0 atom stereocenters. The predicted octanol–water partition coefficient (Wildman–Crippen LogP) is 5.36. The van der Waals surface area contributed by atoms with Crippen LogP contribution < -0.4 is 15.4 Å². The second kappa shape index (κ2) is 8.37. The van der Waals surface area contributed by atoms with E-state index in [1.54, 1.807) is 42.5 Å². The van der Waals surface area contributed by atoms with E-state index in [9.17, 15) is 13.2 Å². The van der Waals surface area contributed by atoms with Crippen molar-refractivity contribution in [1.82, 2.24) is 4.98 Å². The maximum absolute atomic E-state index is 12.6. The second-order valence-electron chi connectivity index (χ2n) is 7.07. The Morgan fingerprint density at radius 2 is 1.42 bits per heavy atom. The smallest absolute Gasteiger partial charge is 0.308 e. The number of nitrogens with zero attached hydrogens (tertiary/aromatic N) is 1. The fraction of sp³-hybridized carbons (Fsp3) is 0.0909. The number of aryl methyl sites for hydroxylation is 2. The standard InChI is InChI=1S/C22H20N4O3S2/c1-14-3-7-16(8-4-14)23-21(27)24-17-9-12-20-19(13-17)25-22(30-20)26-31(28,29)18-10-5-15(2)6-11-18/h3-13H,1-2H3,(H,25,26)(H2,23,24,27). The van der Waals surface area contributed by atoms with Crippen molar-refractivity contribution >= 4 is 54.1 Å². The van der Waals surface area contributed by atoms with E-state index in [4.69, 9.17) is 0 Å². The third-order valence-electron chi connectivity index (χ3n) is 4.51. The first-order valence-corrected chi connectivity index (χ1v) is 11.7. The molecule has 158 valence electrons. The number of benzene rings is 3. The van der Waals surface area contributed by atoms with Crippen molar-refractivity contribution in [3.63, 3.8) is 0 Å². The molecule has 0 saturated heterocycles. The van der Waals surface area contributed by atoms with Gasteiger partial charge in [-0.25, -0.2) is 18.2 Å². The number of hydrogen-bond acceptors (Lipinski definition) is 5. The second-order valence-corrected chi connectivity index (χ2v) is 9.78. The first-order valence-electron chi connectivity index (χ1n) is 9.43. The minimum atomic E-state index is -3.73. The maximum atomic E-state index is 12.6. The highest BCUT2D eigenvalue weighted by molar-refractivity contribution is 7.93. The molecule has 1 aromatic heterocycles. The van der Waals surface area contributed by atoms with Crippen LogP contribution in [-0.4, -0.2) is 19.4 Å². The number of urea groups is 1. The van der Waals surface area contributed by atoms with Crippen LogP contribution in [0.4, 0.5) is 21.3 Å². The summed E-state index contributed by atoms with van der Waals surface area (Å²) in [5, 5.41) is 5.79. The Hall–Kier alpha value is -3.43. The van der Waals surface area contributed by atoms with E-state index < -0.39 is 10.0 Å². The van der Waals surface area contributed by atoms with Gasteiger partial charge in [-0.05, 0) is 56.3 Å². The molecule has 0 aliphatic rings. The summed E-state index contributed by atoms with van der Waals surface area (Å²) in [4.78, 5) is 16.8. The predicted molar refractivity (Wildman–Crippen MR) is 125 cm³/mol. The number of aromatic nitrogens is 1. The minimum absolute atomic E-state index is 0.174. The molecule has 3 N–H and O–H groups in total. The number of sulfonamides is 1. The first-order chi connectivity index (χ1) is 14.8. The van der Waals surface area contributed by atoms with Crippen molar-refractivity contribution in [3.05, 3.63) is 77.9 Å². The number of hydrogen-bond donors (Lipinski definition) is 3. The van der Waals surface area contributed by atoms with Crippen LogP contribution in [0.3, 0.4) is 0 Å². The highest BCUT2D eigenvalue weighted by atomic mass is 32.2. The van der Waals surface area contributed by atoms with E-state index in [1.807, 2.05) is 38.1 Å². The highest BCUT2D eigenvalue weighted by Crippen LogP contribution is 2.29. The largest absolute Gasteiger partial charge is 0.323 e. The van der Waals surface area contributed by atoms with Crippen molar-refractivity contribution in [2.24, 2.45) is 0 Å². The topological polar surface area (TPSA) is 100 Å². The highest BCUT2D eigenvalue weighted by Gasteiger charge is 2.16. The van der Waals surface area contributed by atoms with Crippen LogP contribution in [0.15, 0.2) is 71.6 Å². The molecule has 0 bridgehead atoms. The summed E-state index contributed by atoms with van der Waals surface area (Å²) >= 11 is 1.22. The summed E-state index contributed by atoms with van der Waals surface area (Å²) in [5.41, 5.74) is 3.90. The summed E-state index contributed by atoms with van der Waals surface area (Å²) < 4.78 is 28.5. The summed E-state index contributed by atoms with van der Waals surface area (Å²) in [7, 11) is -3.73. The van der Waals surface area contributed by atoms with Crippen molar-refractivity contribution in [2.75, 3.05) is 15.4 Å². The summed E-state index contributed by atoms with van der Waals surface area (Å²) in [6.45, 7) is 3.87. The molecule has 4 aromatic rings. The minimum Gasteiger partial charge on any atom is -0.308 e. The van der Waals surface area contributed by atoms with Crippen molar-refractivity contribution in [3.8, 4) is 0 Å². The normalized spacial score (nSPS) is 11.3. The summed E-state index contributed by atoms with van der Waals surface area (Å²) in [6, 6.07) is 18.9. The summed E-state index contributed by atoms with van der Waals surface area (Å²) in [5.74, 6) is 0. The van der Waals surface area contributed by atoms with Gasteiger partial charge in [-0.2, -0.15) is 0 Å². The molecule has 31 heavy (non-hydrogen) atoms. The average molecular weight is 453 g/mol. The lowest BCUT2D eigenvalue weighted by molar-refractivity contribution is 0.262. The zero-order chi connectivity index (χ0) is 22.0. The number of amides is 2. The van der Waals surface area contributed by atoms with E-state index in [1.165, 1.54) is 11.3 Å². The molecule has 4 rings (SSSR count). The van der Waals surface area contributed by atoms with Crippen molar-refractivity contribution in [2.45, 2.75) is 18.7 Å². The van der Waals surface area contributed by atoms with Crippen LogP contribution in [0.5, 0.6) is 0 Å². The van der Waals surface area contributed by atoms with Gasteiger partial charge in [0.1, 0.15) is 0 Å². The van der Waals surface area contributed by atoms with E-state index in [0.29, 0.717) is 16.9 Å². The van der Waals surface area contributed by atoms with Crippen LogP contribution in [0.1, 0.15) is 11.1 Å². The third kappa shape index (κ3) is 5.01. The molecule has 0 saturated carbocycles. The molecule has 0 aliphatic carbocycles. The van der Waals surface area contributed by atoms with Gasteiger partial charge in [-0.3, -0.25) is 4.72 Å². The molecule has 3 aromatic carbocycles. The van der Waals surface area contributed by atoms with Crippen molar-refractivity contribution in [1.29, 1.82) is 0 Å². The molecule has 2 amide bonds. The van der Waals surface area contributed by atoms with E-state index >= 15 is 0 Å². The molecule has 0 aliphatic heterocycles. The molecular weight excluding hydrogens is 432 g/mol. The van der Waals surface area contributed by atoms with Crippen LogP contribution in [0, 0.1) is 13.8 Å². The van der Waals surface area contributed by atoms with Gasteiger partial charge in [0.25, 0.3) is 10.0 Å². The van der Waals surface area contributed by atoms with Gasteiger partial charge in [0, 0.05) is 11.4 Å². The molecule has 0 spiro atoms. The Labute approximate surface area is 184 Å². The van der Waals surface area contributed by atoms with Crippen LogP contribution in [0.2, 0.25) is 0 Å². The lowest BCUT2D eigenvalue weighted by Gasteiger charge is -2.07. The Balaban J connectivity index is 1.48. The lowest BCUT2D eigenvalue weighted by Crippen LogP contribution is -2.19. The van der Waals surface area contributed by atoms with E-state index in [2.05, 4.69) is 20.3 Å². The molecule has 0 fully saturated rings. The van der Waals surface area contributed by atoms with Gasteiger partial charge >= 0.3 is 6.03 Å². The SMILES string of the molecule is Cc1ccc(NC(=O)Nc2ccc3sc(NS(=O)(=O)c4ccc(C)cc4)nc3c2)cc1. The van der Waals surface area contributed by atoms with Gasteiger partial charge in [0.2, 0.25) is 0 Å². The number of carbonyl (C=O) groups excluding carboxylic acids is 1. The quantitative estimate of drug-likeness (QED) is 0.380. The monoisotopic (exact) mass is 452 g/mol. The molecular formula is C22H20N4O3S2. The Morgan fingerprint density at radius 3 is 2.10 bits per heavy atom. The Morgan fingerprint density at radius 1 is 0.839 bits per heavy atom. The van der Waals surface area contributed by atoms with Gasteiger partial charge in [0.15, 0.2) is 5.13 Å². The Bertz CT molecular complexity index is 1350. The fourth-order valence-corrected chi connectivity index (χ4v) is 4.95. The average Bonchev–Trinajstić information content (AvgIpc) is 3.10. The number of nitrogens with one attached hydrogen (secondary N) is 3. The molecule has 9 heteroatoms. The van der Waals surface area contributed by atoms with Gasteiger partial charge in [-0.1, -0.05) is 46.7 Å². The lowest BCUT2D eigenvalue weighted by atomic mass is 10.2. The molecule has 0 unspecified atom stereocenters. The fourth-order valence-electron chi connectivity index (χ4n) is 2.87. The van der Waals surface area contributed by atoms with Gasteiger partial charge in [-0.15, -0.1) is 0 Å². The van der Waals surface area contributed by atoms with Crippen molar-refractivity contribution < 1.29 is 13.2 Å². The number of fused-ring (bicyclic) bond motifs is 1. The zero-order valence-corrected chi connectivity index (χ0v) is 18.5. The molecule has 7 nitrogen and oxygen atoms in total. The number of rotatable bonds is 5. The van der Waals surface area contributed by atoms with Crippen LogP contribution >= 0.6 is 11.3 Å². The van der Waals surface area contributed by atoms with Gasteiger partial charge < -0.3 is 10.6 Å².